The monoisotopic (exact) mass is 350 g/mol. The molecule has 1 amide bonds. The fourth-order valence-electron chi connectivity index (χ4n) is 2.12. The van der Waals surface area contributed by atoms with Crippen LogP contribution in [0.3, 0.4) is 0 Å². The van der Waals surface area contributed by atoms with Gasteiger partial charge in [0.15, 0.2) is 0 Å². The van der Waals surface area contributed by atoms with Crippen LogP contribution >= 0.6 is 15.9 Å². The number of carbonyl (C=O) groups excluding carboxylic acids is 1. The van der Waals surface area contributed by atoms with Crippen molar-refractivity contribution in [3.63, 3.8) is 0 Å². The molecule has 0 atom stereocenters. The first-order valence-corrected chi connectivity index (χ1v) is 7.13. The number of benzene rings is 1. The highest BCUT2D eigenvalue weighted by Gasteiger charge is 2.12. The molecule has 0 saturated carbocycles. The Morgan fingerprint density at radius 3 is 2.48 bits per heavy atom. The molecule has 0 aliphatic carbocycles. The van der Waals surface area contributed by atoms with Crippen molar-refractivity contribution in [2.75, 3.05) is 5.32 Å². The fraction of sp³-hybridized carbons (Fsp3) is 0.200. The molecular weight excluding hydrogens is 336 g/mol. The van der Waals surface area contributed by atoms with Gasteiger partial charge in [-0.05, 0) is 49.2 Å². The largest absolute Gasteiger partial charge is 0.477 e. The number of aromatic carboxylic acids is 1. The van der Waals surface area contributed by atoms with Gasteiger partial charge in [-0.3, -0.25) is 4.79 Å². The van der Waals surface area contributed by atoms with E-state index in [1.54, 1.807) is 12.3 Å². The Labute approximate surface area is 130 Å². The molecule has 0 unspecified atom stereocenters. The Morgan fingerprint density at radius 2 is 1.90 bits per heavy atom. The summed E-state index contributed by atoms with van der Waals surface area (Å²) in [7, 11) is 0. The van der Waals surface area contributed by atoms with Crippen LogP contribution in [0.5, 0.6) is 0 Å². The van der Waals surface area contributed by atoms with Gasteiger partial charge in [0.25, 0.3) is 0 Å². The van der Waals surface area contributed by atoms with Crippen molar-refractivity contribution in [3.8, 4) is 0 Å². The number of rotatable bonds is 4. The summed E-state index contributed by atoms with van der Waals surface area (Å²) in [6.45, 7) is 3.85. The van der Waals surface area contributed by atoms with E-state index in [0.29, 0.717) is 5.69 Å². The lowest BCUT2D eigenvalue weighted by Gasteiger charge is -2.11. The van der Waals surface area contributed by atoms with E-state index in [-0.39, 0.29) is 18.1 Å². The summed E-state index contributed by atoms with van der Waals surface area (Å²) < 4.78 is 2.41. The number of nitrogens with one attached hydrogen (secondary N) is 1. The van der Waals surface area contributed by atoms with E-state index in [1.807, 2.05) is 26.0 Å². The van der Waals surface area contributed by atoms with Gasteiger partial charge >= 0.3 is 5.97 Å². The van der Waals surface area contributed by atoms with Crippen molar-refractivity contribution >= 4 is 33.5 Å². The molecule has 6 heteroatoms. The molecule has 0 aliphatic heterocycles. The van der Waals surface area contributed by atoms with Crippen molar-refractivity contribution < 1.29 is 14.7 Å². The molecule has 2 rings (SSSR count). The smallest absolute Gasteiger partial charge is 0.352 e. The first kappa shape index (κ1) is 15.3. The lowest BCUT2D eigenvalue weighted by atomic mass is 10.1. The third kappa shape index (κ3) is 3.52. The van der Waals surface area contributed by atoms with Gasteiger partial charge < -0.3 is 15.0 Å². The zero-order valence-corrected chi connectivity index (χ0v) is 13.3. The predicted octanol–water partition coefficient (Wildman–Crippen LogP) is 3.20. The van der Waals surface area contributed by atoms with E-state index >= 15 is 0 Å². The number of carboxylic acids is 1. The number of carboxylic acid groups (broad SMARTS) is 1. The highest BCUT2D eigenvalue weighted by Crippen LogP contribution is 2.25. The van der Waals surface area contributed by atoms with Crippen LogP contribution in [-0.4, -0.2) is 21.6 Å². The van der Waals surface area contributed by atoms with Gasteiger partial charge in [-0.25, -0.2) is 4.79 Å². The lowest BCUT2D eigenvalue weighted by Crippen LogP contribution is -2.21. The minimum absolute atomic E-state index is 0.0389. The summed E-state index contributed by atoms with van der Waals surface area (Å²) in [4.78, 5) is 23.0. The number of aryl methyl sites for hydroxylation is 2. The Kier molecular flexibility index (Phi) is 4.47. The molecule has 5 nitrogen and oxygen atoms in total. The molecule has 1 aromatic carbocycles. The Balaban J connectivity index is 2.12. The van der Waals surface area contributed by atoms with Crippen LogP contribution in [0, 0.1) is 13.8 Å². The Morgan fingerprint density at radius 1 is 1.29 bits per heavy atom. The molecule has 21 heavy (non-hydrogen) atoms. The second-order valence-electron chi connectivity index (χ2n) is 4.80. The van der Waals surface area contributed by atoms with E-state index in [0.717, 1.165) is 15.6 Å². The zero-order chi connectivity index (χ0) is 15.6. The van der Waals surface area contributed by atoms with Gasteiger partial charge in [0.2, 0.25) is 5.91 Å². The number of hydrogen-bond donors (Lipinski definition) is 2. The summed E-state index contributed by atoms with van der Waals surface area (Å²) >= 11 is 3.47. The molecule has 2 N–H and O–H groups in total. The normalized spacial score (nSPS) is 10.4. The summed E-state index contributed by atoms with van der Waals surface area (Å²) in [6, 6.07) is 6.79. The molecule has 110 valence electrons. The average Bonchev–Trinajstić information content (AvgIpc) is 2.83. The Hall–Kier alpha value is -2.08. The third-order valence-electron chi connectivity index (χ3n) is 3.08. The molecule has 0 spiro atoms. The summed E-state index contributed by atoms with van der Waals surface area (Å²) in [5, 5.41) is 11.8. The fourth-order valence-corrected chi connectivity index (χ4v) is 2.35. The van der Waals surface area contributed by atoms with Crippen molar-refractivity contribution in [1.29, 1.82) is 0 Å². The van der Waals surface area contributed by atoms with Crippen LogP contribution in [0.2, 0.25) is 0 Å². The maximum Gasteiger partial charge on any atom is 0.352 e. The van der Waals surface area contributed by atoms with E-state index in [4.69, 9.17) is 5.11 Å². The number of nitrogens with zero attached hydrogens (tertiary/aromatic N) is 1. The van der Waals surface area contributed by atoms with Crippen molar-refractivity contribution in [1.82, 2.24) is 4.57 Å². The molecule has 1 aromatic heterocycles. The third-order valence-corrected chi connectivity index (χ3v) is 4.33. The molecule has 0 bridgehead atoms. The minimum atomic E-state index is -1.05. The minimum Gasteiger partial charge on any atom is -0.477 e. The number of aromatic nitrogens is 1. The summed E-state index contributed by atoms with van der Waals surface area (Å²) in [5.41, 5.74) is 2.84. The van der Waals surface area contributed by atoms with E-state index < -0.39 is 5.97 Å². The molecule has 2 aromatic rings. The van der Waals surface area contributed by atoms with Crippen molar-refractivity contribution in [2.24, 2.45) is 0 Å². The molecule has 0 fully saturated rings. The number of carbonyl (C=O) groups is 2. The van der Waals surface area contributed by atoms with Gasteiger partial charge in [0, 0.05) is 16.4 Å². The van der Waals surface area contributed by atoms with E-state index in [1.165, 1.54) is 10.6 Å². The Bertz CT molecular complexity index is 684. The molecule has 1 heterocycles. The molecular formula is C15H15BrN2O3. The van der Waals surface area contributed by atoms with Gasteiger partial charge in [-0.2, -0.15) is 0 Å². The highest BCUT2D eigenvalue weighted by molar-refractivity contribution is 9.10. The SMILES string of the molecule is Cc1cc(NC(=O)Cn2cccc2C(=O)O)cc(C)c1Br. The van der Waals surface area contributed by atoms with Crippen LogP contribution < -0.4 is 5.32 Å². The number of anilines is 1. The van der Waals surface area contributed by atoms with Gasteiger partial charge in [-0.1, -0.05) is 15.9 Å². The summed E-state index contributed by atoms with van der Waals surface area (Å²) in [6.07, 6.45) is 1.57. The van der Waals surface area contributed by atoms with E-state index in [9.17, 15) is 9.59 Å². The topological polar surface area (TPSA) is 71.3 Å². The maximum absolute atomic E-state index is 12.0. The average molecular weight is 351 g/mol. The number of amides is 1. The van der Waals surface area contributed by atoms with Crippen molar-refractivity contribution in [2.45, 2.75) is 20.4 Å². The number of halogens is 1. The quantitative estimate of drug-likeness (QED) is 0.889. The highest BCUT2D eigenvalue weighted by atomic mass is 79.9. The standard InChI is InChI=1S/C15H15BrN2O3/c1-9-6-11(7-10(2)14(9)16)17-13(19)8-18-5-3-4-12(18)15(20)21/h3-7H,8H2,1-2H3,(H,17,19)(H,20,21). The zero-order valence-electron chi connectivity index (χ0n) is 11.7. The molecule has 0 radical (unpaired) electrons. The molecule has 0 saturated heterocycles. The van der Waals surface area contributed by atoms with Gasteiger partial charge in [-0.15, -0.1) is 0 Å². The number of hydrogen-bond acceptors (Lipinski definition) is 2. The first-order valence-electron chi connectivity index (χ1n) is 6.33. The van der Waals surface area contributed by atoms with Crippen LogP contribution in [0.4, 0.5) is 5.69 Å². The maximum atomic E-state index is 12.0. The first-order chi connectivity index (χ1) is 9.88. The second-order valence-corrected chi connectivity index (χ2v) is 5.59. The molecule has 0 aliphatic rings. The van der Waals surface area contributed by atoms with Gasteiger partial charge in [0.1, 0.15) is 12.2 Å². The van der Waals surface area contributed by atoms with Crippen LogP contribution in [0.1, 0.15) is 21.6 Å². The van der Waals surface area contributed by atoms with Crippen molar-refractivity contribution in [3.05, 3.63) is 51.8 Å². The van der Waals surface area contributed by atoms with Crippen LogP contribution in [-0.2, 0) is 11.3 Å². The lowest BCUT2D eigenvalue weighted by molar-refractivity contribution is -0.116. The van der Waals surface area contributed by atoms with Crippen LogP contribution in [0.15, 0.2) is 34.9 Å². The van der Waals surface area contributed by atoms with E-state index in [2.05, 4.69) is 21.2 Å². The summed E-state index contributed by atoms with van der Waals surface area (Å²) in [5.74, 6) is -1.32. The second kappa shape index (κ2) is 6.13. The predicted molar refractivity (Wildman–Crippen MR) is 83.6 cm³/mol. The van der Waals surface area contributed by atoms with Crippen LogP contribution in [0.25, 0.3) is 0 Å². The van der Waals surface area contributed by atoms with Gasteiger partial charge in [0.05, 0.1) is 0 Å².